The third-order valence-corrected chi connectivity index (χ3v) is 1.36. The number of carboxylic acid groups (broad SMARTS) is 1. The summed E-state index contributed by atoms with van der Waals surface area (Å²) in [5.41, 5.74) is 0. The van der Waals surface area contributed by atoms with E-state index in [9.17, 15) is 0 Å². The van der Waals surface area contributed by atoms with Crippen LogP contribution in [0, 0.1) is 5.92 Å². The molecule has 0 fully saturated rings. The van der Waals surface area contributed by atoms with Crippen molar-refractivity contribution >= 4 is 5.97 Å². The molecule has 0 aliphatic rings. The molecule has 1 unspecified atom stereocenters. The molecule has 0 aromatic heterocycles. The largest absolute Gasteiger partial charge is 0.481 e. The van der Waals surface area contributed by atoms with E-state index < -0.39 is 5.97 Å². The zero-order chi connectivity index (χ0) is 9.98. The number of carbonyl (C=O) groups is 1. The predicted molar refractivity (Wildman–Crippen MR) is 49.1 cm³/mol. The molecule has 0 radical (unpaired) electrons. The lowest BCUT2D eigenvalue weighted by Gasteiger charge is -2.03. The molecule has 0 aliphatic carbocycles. The van der Waals surface area contributed by atoms with Crippen molar-refractivity contribution in [2.45, 2.75) is 40.0 Å². The lowest BCUT2D eigenvalue weighted by molar-refractivity contribution is -0.134. The van der Waals surface area contributed by atoms with Crippen LogP contribution < -0.4 is 0 Å². The molecule has 0 bridgehead atoms. The van der Waals surface area contributed by atoms with Gasteiger partial charge in [-0.1, -0.05) is 26.7 Å². The maximum atomic E-state index is 9.00. The van der Waals surface area contributed by atoms with Gasteiger partial charge in [-0.3, -0.25) is 4.79 Å². The van der Waals surface area contributed by atoms with Crippen LogP contribution in [0.5, 0.6) is 0 Å². The van der Waals surface area contributed by atoms with E-state index in [0.29, 0.717) is 12.5 Å². The van der Waals surface area contributed by atoms with Crippen molar-refractivity contribution in [2.24, 2.45) is 5.92 Å². The maximum absolute atomic E-state index is 9.00. The van der Waals surface area contributed by atoms with Gasteiger partial charge in [0.05, 0.1) is 0 Å². The van der Waals surface area contributed by atoms with E-state index in [2.05, 4.69) is 13.8 Å². The van der Waals surface area contributed by atoms with E-state index >= 15 is 0 Å². The van der Waals surface area contributed by atoms with Crippen molar-refractivity contribution in [2.75, 3.05) is 6.61 Å². The SMILES string of the molecule is CC(=O)O.CCCCC(C)CO. The molecular weight excluding hydrogens is 156 g/mol. The highest BCUT2D eigenvalue weighted by Crippen LogP contribution is 2.04. The van der Waals surface area contributed by atoms with Gasteiger partial charge in [-0.15, -0.1) is 0 Å². The van der Waals surface area contributed by atoms with Crippen molar-refractivity contribution < 1.29 is 15.0 Å². The Morgan fingerprint density at radius 2 is 1.92 bits per heavy atom. The highest BCUT2D eigenvalue weighted by molar-refractivity contribution is 5.62. The molecule has 3 heteroatoms. The Labute approximate surface area is 74.4 Å². The van der Waals surface area contributed by atoms with Gasteiger partial charge in [-0.25, -0.2) is 0 Å². The number of carboxylic acids is 1. The highest BCUT2D eigenvalue weighted by atomic mass is 16.4. The number of hydrogen-bond donors (Lipinski definition) is 2. The smallest absolute Gasteiger partial charge is 0.300 e. The van der Waals surface area contributed by atoms with Gasteiger partial charge in [0.1, 0.15) is 0 Å². The molecule has 0 saturated carbocycles. The Bertz CT molecular complexity index is 97.9. The van der Waals surface area contributed by atoms with Crippen molar-refractivity contribution in [3.8, 4) is 0 Å². The molecular formula is C9H20O3. The first kappa shape index (κ1) is 14.0. The first-order valence-electron chi connectivity index (χ1n) is 4.34. The van der Waals surface area contributed by atoms with Crippen LogP contribution in [0.3, 0.4) is 0 Å². The van der Waals surface area contributed by atoms with Gasteiger partial charge in [0.15, 0.2) is 0 Å². The first-order valence-corrected chi connectivity index (χ1v) is 4.34. The summed E-state index contributed by atoms with van der Waals surface area (Å²) >= 11 is 0. The van der Waals surface area contributed by atoms with Crippen LogP contribution in [0.15, 0.2) is 0 Å². The Morgan fingerprint density at radius 3 is 2.17 bits per heavy atom. The Balaban J connectivity index is 0. The standard InChI is InChI=1S/C7H16O.C2H4O2/c1-3-4-5-7(2)6-8;1-2(3)4/h7-8H,3-6H2,1-2H3;1H3,(H,3,4). The van der Waals surface area contributed by atoms with E-state index in [1.54, 1.807) is 0 Å². The van der Waals surface area contributed by atoms with Crippen LogP contribution in [-0.4, -0.2) is 22.8 Å². The number of aliphatic carboxylic acids is 1. The Morgan fingerprint density at radius 1 is 1.50 bits per heavy atom. The Hall–Kier alpha value is -0.570. The molecule has 0 spiro atoms. The molecule has 0 aliphatic heterocycles. The molecule has 12 heavy (non-hydrogen) atoms. The quantitative estimate of drug-likeness (QED) is 0.687. The molecule has 0 heterocycles. The zero-order valence-corrected chi connectivity index (χ0v) is 8.21. The fraction of sp³-hybridized carbons (Fsp3) is 0.889. The number of unbranched alkanes of at least 4 members (excludes halogenated alkanes) is 1. The third-order valence-electron chi connectivity index (χ3n) is 1.36. The van der Waals surface area contributed by atoms with Gasteiger partial charge < -0.3 is 10.2 Å². The number of aliphatic hydroxyl groups is 1. The summed E-state index contributed by atoms with van der Waals surface area (Å²) in [5.74, 6) is -0.324. The summed E-state index contributed by atoms with van der Waals surface area (Å²) in [6.07, 6.45) is 3.67. The van der Waals surface area contributed by atoms with Gasteiger partial charge >= 0.3 is 0 Å². The molecule has 3 nitrogen and oxygen atoms in total. The molecule has 1 atom stereocenters. The summed E-state index contributed by atoms with van der Waals surface area (Å²) in [7, 11) is 0. The second kappa shape index (κ2) is 10.4. The molecule has 0 amide bonds. The topological polar surface area (TPSA) is 57.5 Å². The molecule has 0 saturated heterocycles. The predicted octanol–water partition coefficient (Wildman–Crippen LogP) is 1.90. The first-order chi connectivity index (χ1) is 5.54. The molecule has 0 aromatic carbocycles. The van der Waals surface area contributed by atoms with E-state index in [0.717, 1.165) is 6.92 Å². The fourth-order valence-electron chi connectivity index (χ4n) is 0.644. The van der Waals surface area contributed by atoms with Crippen LogP contribution in [0.1, 0.15) is 40.0 Å². The van der Waals surface area contributed by atoms with Crippen LogP contribution in [0.25, 0.3) is 0 Å². The van der Waals surface area contributed by atoms with Crippen LogP contribution >= 0.6 is 0 Å². The van der Waals surface area contributed by atoms with Crippen molar-refractivity contribution in [1.82, 2.24) is 0 Å². The fourth-order valence-corrected chi connectivity index (χ4v) is 0.644. The molecule has 0 aromatic rings. The van der Waals surface area contributed by atoms with Crippen LogP contribution in [0.2, 0.25) is 0 Å². The van der Waals surface area contributed by atoms with Gasteiger partial charge in [0.2, 0.25) is 0 Å². The number of rotatable bonds is 4. The highest BCUT2D eigenvalue weighted by Gasteiger charge is 1.95. The average Bonchev–Trinajstić information content (AvgIpc) is 1.99. The van der Waals surface area contributed by atoms with Crippen molar-refractivity contribution in [3.63, 3.8) is 0 Å². The van der Waals surface area contributed by atoms with E-state index in [-0.39, 0.29) is 0 Å². The van der Waals surface area contributed by atoms with Crippen LogP contribution in [-0.2, 0) is 4.79 Å². The zero-order valence-electron chi connectivity index (χ0n) is 8.21. The van der Waals surface area contributed by atoms with Gasteiger partial charge in [-0.05, 0) is 12.3 Å². The van der Waals surface area contributed by atoms with E-state index in [1.807, 2.05) is 0 Å². The minimum absolute atomic E-state index is 0.347. The molecule has 2 N–H and O–H groups in total. The Kier molecular flexibility index (Phi) is 12.2. The molecule has 0 rings (SSSR count). The summed E-state index contributed by atoms with van der Waals surface area (Å²) in [4.78, 5) is 9.00. The van der Waals surface area contributed by atoms with E-state index in [4.69, 9.17) is 15.0 Å². The van der Waals surface area contributed by atoms with Crippen molar-refractivity contribution in [1.29, 1.82) is 0 Å². The summed E-state index contributed by atoms with van der Waals surface area (Å²) in [5, 5.41) is 16.0. The minimum Gasteiger partial charge on any atom is -0.481 e. The van der Waals surface area contributed by atoms with Gasteiger partial charge in [0, 0.05) is 13.5 Å². The lowest BCUT2D eigenvalue weighted by Crippen LogP contribution is -1.98. The average molecular weight is 176 g/mol. The van der Waals surface area contributed by atoms with E-state index in [1.165, 1.54) is 19.3 Å². The second-order valence-electron chi connectivity index (χ2n) is 2.95. The normalized spacial score (nSPS) is 11.3. The van der Waals surface area contributed by atoms with Gasteiger partial charge in [0.25, 0.3) is 5.97 Å². The summed E-state index contributed by atoms with van der Waals surface area (Å²) in [6.45, 7) is 5.68. The second-order valence-corrected chi connectivity index (χ2v) is 2.95. The summed E-state index contributed by atoms with van der Waals surface area (Å²) < 4.78 is 0. The van der Waals surface area contributed by atoms with Crippen molar-refractivity contribution in [3.05, 3.63) is 0 Å². The monoisotopic (exact) mass is 176 g/mol. The van der Waals surface area contributed by atoms with Gasteiger partial charge in [-0.2, -0.15) is 0 Å². The summed E-state index contributed by atoms with van der Waals surface area (Å²) in [6, 6.07) is 0. The molecule has 74 valence electrons. The maximum Gasteiger partial charge on any atom is 0.300 e. The lowest BCUT2D eigenvalue weighted by atomic mass is 10.1. The third kappa shape index (κ3) is 22.7. The number of aliphatic hydroxyl groups excluding tert-OH is 1. The minimum atomic E-state index is -0.833. The number of hydrogen-bond acceptors (Lipinski definition) is 2. The van der Waals surface area contributed by atoms with Crippen LogP contribution in [0.4, 0.5) is 0 Å².